The summed E-state index contributed by atoms with van der Waals surface area (Å²) in [5.74, 6) is 0. The molecule has 9 nitrogen and oxygen atoms in total. The summed E-state index contributed by atoms with van der Waals surface area (Å²) >= 11 is 0. The van der Waals surface area contributed by atoms with Crippen LogP contribution in [0.1, 0.15) is 0 Å². The average molecular weight is 391 g/mol. The largest absolute Gasteiger partial charge is 4.00 e. The van der Waals surface area contributed by atoms with Crippen LogP contribution in [0.5, 0.6) is 0 Å². The fourth-order valence-corrected chi connectivity index (χ4v) is 0. The molecule has 13 heteroatoms. The summed E-state index contributed by atoms with van der Waals surface area (Å²) in [6.07, 6.45) is 0. The van der Waals surface area contributed by atoms with Gasteiger partial charge in [-0.15, -0.1) is 0 Å². The summed E-state index contributed by atoms with van der Waals surface area (Å²) < 4.78 is 0. The molecule has 2 radical (unpaired) electrons. The molecule has 0 aliphatic heterocycles. The smallest absolute Gasteiger partial charge is 2.00 e. The van der Waals surface area contributed by atoms with Gasteiger partial charge in [0.15, 0.2) is 0 Å². The maximum Gasteiger partial charge on any atom is 4.00 e. The van der Waals surface area contributed by atoms with Crippen LogP contribution in [0.2, 0.25) is 0 Å². The first-order chi connectivity index (χ1) is 0. The van der Waals surface area contributed by atoms with Crippen LogP contribution in [0.25, 0.3) is 0 Å². The van der Waals surface area contributed by atoms with Crippen LogP contribution in [0.4, 0.5) is 0 Å². The predicted molar refractivity (Wildman–Crippen MR) is 17.7 cm³/mol. The van der Waals surface area contributed by atoms with Gasteiger partial charge in [-0.1, -0.05) is 0 Å². The summed E-state index contributed by atoms with van der Waals surface area (Å²) in [7, 11) is 0. The Morgan fingerprint density at radius 2 is 0.231 bits per heavy atom. The zero-order chi connectivity index (χ0) is 0. The molecule has 0 atom stereocenters. The fraction of sp³-hybridized carbons (Fsp3) is 0. The van der Waals surface area contributed by atoms with Crippen LogP contribution < -0.4 is 0 Å². The van der Waals surface area contributed by atoms with Crippen LogP contribution >= 0.6 is 0 Å². The topological polar surface area (TPSA) is 256 Å². The SMILES string of the molecule is [Ge+4].[Ge+4].[O-2].[O-2].[O-2].[O-2].[O-2].[O-2].[O-2].[O-2].[O-2].[V].[V]. The van der Waals surface area contributed by atoms with Crippen molar-refractivity contribution in [2.45, 2.75) is 0 Å². The van der Waals surface area contributed by atoms with Crippen molar-refractivity contribution in [3.63, 3.8) is 0 Å². The summed E-state index contributed by atoms with van der Waals surface area (Å²) in [5.41, 5.74) is 0. The fourth-order valence-electron chi connectivity index (χ4n) is 0. The molecule has 0 aromatic carbocycles. The molecule has 0 aromatic heterocycles. The minimum Gasteiger partial charge on any atom is -2.00 e. The molecule has 0 rings (SSSR count). The Morgan fingerprint density at radius 1 is 0.231 bits per heavy atom. The molecule has 0 saturated carbocycles. The van der Waals surface area contributed by atoms with E-state index in [2.05, 4.69) is 0 Å². The molecule has 0 aliphatic rings. The first-order valence-corrected chi connectivity index (χ1v) is 0. The van der Waals surface area contributed by atoms with Crippen molar-refractivity contribution >= 4 is 35.2 Å². The van der Waals surface area contributed by atoms with E-state index in [0.29, 0.717) is 0 Å². The van der Waals surface area contributed by atoms with Crippen LogP contribution in [0.3, 0.4) is 0 Å². The molecule has 0 heterocycles. The quantitative estimate of drug-likeness (QED) is 0.412. The van der Waals surface area contributed by atoms with Gasteiger partial charge in [-0.3, -0.25) is 0 Å². The van der Waals surface area contributed by atoms with Crippen LogP contribution in [-0.4, -0.2) is 35.2 Å². The van der Waals surface area contributed by atoms with Crippen molar-refractivity contribution in [1.29, 1.82) is 0 Å². The molecule has 0 amide bonds. The molecule has 13 heavy (non-hydrogen) atoms. The van der Waals surface area contributed by atoms with Gasteiger partial charge in [-0.05, 0) is 0 Å². The van der Waals surface area contributed by atoms with Gasteiger partial charge in [-0.2, -0.15) is 0 Å². The van der Waals surface area contributed by atoms with E-state index in [0.717, 1.165) is 0 Å². The molecule has 0 N–H and O–H groups in total. The normalized spacial score (nSPS) is 0. The van der Waals surface area contributed by atoms with E-state index < -0.39 is 0 Å². The summed E-state index contributed by atoms with van der Waals surface area (Å²) in [6.45, 7) is 0. The first kappa shape index (κ1) is 801. The molecule has 0 saturated heterocycles. The molecule has 0 aliphatic carbocycles. The van der Waals surface area contributed by atoms with E-state index in [-0.39, 0.29) is 122 Å². The van der Waals surface area contributed by atoms with Gasteiger partial charge in [0.25, 0.3) is 0 Å². The second kappa shape index (κ2) is 644. The van der Waals surface area contributed by atoms with E-state index in [4.69, 9.17) is 0 Å². The number of hydrogen-bond donors (Lipinski definition) is 0. The maximum absolute atomic E-state index is 0. The third-order valence-electron chi connectivity index (χ3n) is 0. The Kier molecular flexibility index (Phi) is 39700. The van der Waals surface area contributed by atoms with Crippen LogP contribution in [0.15, 0.2) is 0 Å². The summed E-state index contributed by atoms with van der Waals surface area (Å²) in [6, 6.07) is 0. The molecule has 0 aromatic rings. The Bertz CT molecular complexity index is 15.6. The van der Waals surface area contributed by atoms with Crippen LogP contribution in [0, 0.1) is 0 Å². The molecule has 0 fully saturated rings. The minimum atomic E-state index is 0. The Morgan fingerprint density at radius 3 is 0.231 bits per heavy atom. The van der Waals surface area contributed by atoms with Crippen molar-refractivity contribution in [1.82, 2.24) is 0 Å². The van der Waals surface area contributed by atoms with E-state index in [1.165, 1.54) is 0 Å². The van der Waals surface area contributed by atoms with Crippen molar-refractivity contribution in [2.75, 3.05) is 0 Å². The van der Waals surface area contributed by atoms with Gasteiger partial charge in [0.1, 0.15) is 0 Å². The van der Waals surface area contributed by atoms with E-state index in [1.54, 1.807) is 0 Å². The Hall–Kier alpha value is 1.89. The van der Waals surface area contributed by atoms with E-state index in [9.17, 15) is 0 Å². The Labute approximate surface area is 121 Å². The van der Waals surface area contributed by atoms with Gasteiger partial charge in [-0.25, -0.2) is 0 Å². The Balaban J connectivity index is 0. The molecule has 0 bridgehead atoms. The zero-order valence-corrected chi connectivity index (χ0v) is 12.6. The summed E-state index contributed by atoms with van der Waals surface area (Å²) in [4.78, 5) is 0. The number of hydrogen-bond acceptors (Lipinski definition) is 0. The van der Waals surface area contributed by atoms with Crippen LogP contribution in [-0.2, 0) is 86.4 Å². The first-order valence-electron chi connectivity index (χ1n) is 0. The summed E-state index contributed by atoms with van der Waals surface area (Å²) in [5, 5.41) is 0. The third-order valence-corrected chi connectivity index (χ3v) is 0. The van der Waals surface area contributed by atoms with E-state index >= 15 is 0 Å². The average Bonchev–Trinajstić information content (AvgIpc) is 0. The van der Waals surface area contributed by atoms with E-state index in [1.807, 2.05) is 0 Å². The van der Waals surface area contributed by atoms with Crippen molar-refractivity contribution < 1.29 is 86.4 Å². The van der Waals surface area contributed by atoms with Crippen molar-refractivity contribution in [3.05, 3.63) is 0 Å². The maximum atomic E-state index is 0. The second-order valence-electron chi connectivity index (χ2n) is 0. The molecule has 0 unspecified atom stereocenters. The number of rotatable bonds is 0. The van der Waals surface area contributed by atoms with Gasteiger partial charge in [0.05, 0.1) is 0 Å². The van der Waals surface area contributed by atoms with Crippen molar-refractivity contribution in [2.24, 2.45) is 0 Å². The molecule has 82 valence electrons. The standard InChI is InChI=1S/2Ge.9O.2V/q2*+4;9*-2;;. The second-order valence-corrected chi connectivity index (χ2v) is 0. The predicted octanol–water partition coefficient (Wildman–Crippen LogP) is -1.84. The molecular formula is Ge2O9V2-10. The molecule has 0 spiro atoms. The monoisotopic (exact) mass is 394 g/mol. The third kappa shape index (κ3) is 548. The van der Waals surface area contributed by atoms with Gasteiger partial charge < -0.3 is 49.3 Å². The zero-order valence-electron chi connectivity index (χ0n) is 5.57. The van der Waals surface area contributed by atoms with Crippen molar-refractivity contribution in [3.8, 4) is 0 Å². The van der Waals surface area contributed by atoms with Gasteiger partial charge in [0, 0.05) is 37.1 Å². The van der Waals surface area contributed by atoms with Gasteiger partial charge >= 0.3 is 35.2 Å². The van der Waals surface area contributed by atoms with Gasteiger partial charge in [0.2, 0.25) is 0 Å². The molecular weight excluding hydrogens is 391 g/mol. The minimum absolute atomic E-state index is 0.